The number of nitrogens with zero attached hydrogens (tertiary/aromatic N) is 5. The van der Waals surface area contributed by atoms with Crippen molar-refractivity contribution in [1.82, 2.24) is 0 Å². The summed E-state index contributed by atoms with van der Waals surface area (Å²) in [6.45, 7) is -3.35. The fraction of sp³-hybridized carbons (Fsp3) is 1.00. The maximum Gasteiger partial charge on any atom is 0.187 e. The molecule has 0 aromatic heterocycles. The lowest BCUT2D eigenvalue weighted by Gasteiger charge is -2.50. The topological polar surface area (TPSA) is 530 Å². The molecule has 0 radical (unpaired) electrons. The van der Waals surface area contributed by atoms with Gasteiger partial charge in [0.1, 0.15) is 210 Å². The highest BCUT2D eigenvalue weighted by molar-refractivity contribution is 5.00. The fourth-order valence-corrected chi connectivity index (χ4v) is 13.8. The SMILES string of the molecule is CO[C@@H]1OC(COCC(O)C[N+](C)(C)C)[C@@H](O[C@H]2O[C@@H](CO[C@H]3O[C@@H](COCC(O)C[N+](C)(C)C)[C@H](O)C(O)C3O)[C@@H](O[C@@H]3OC(COCC(O)C[N+](C)(C)C)[C@@H](O[C@H]4O[C@@H](COCC(O)C[N+](C)(C)C)[C@@H](O[C@@H]5OC(COCC(O)C[N+](C)(C)C)[C@@H](OC)[C@@H](O)C5O)C(O)C4O)[C@@H](O)C3O)C(O)C2O)[C@@H](O)C1O.[Cl-].[Cl-].[Cl-].[Cl-].[Cl-]. The molecule has 46 heteroatoms. The lowest BCUT2D eigenvalue weighted by molar-refractivity contribution is -0.873. The minimum Gasteiger partial charge on any atom is -1.00 e. The number of rotatable bonds is 43. The van der Waals surface area contributed by atoms with Gasteiger partial charge in [0.2, 0.25) is 0 Å². The van der Waals surface area contributed by atoms with Gasteiger partial charge in [-0.25, -0.2) is 0 Å². The molecule has 114 heavy (non-hydrogen) atoms. The maximum absolute atomic E-state index is 12.4. The monoisotopic (exact) mass is 1770 g/mol. The molecule has 0 spiro atoms. The maximum atomic E-state index is 12.4. The molecule has 6 fully saturated rings. The number of aliphatic hydroxyl groups is 18. The van der Waals surface area contributed by atoms with Crippen LogP contribution in [0.3, 0.4) is 0 Å². The lowest BCUT2D eigenvalue weighted by atomic mass is 9.95. The molecule has 6 saturated heterocycles. The summed E-state index contributed by atoms with van der Waals surface area (Å²) in [6.07, 6.45) is -60.2. The van der Waals surface area contributed by atoms with Crippen LogP contribution in [0.2, 0.25) is 0 Å². The second-order valence-corrected chi connectivity index (χ2v) is 34.6. The van der Waals surface area contributed by atoms with Crippen LogP contribution in [0.5, 0.6) is 0 Å². The summed E-state index contributed by atoms with van der Waals surface area (Å²) >= 11 is 0. The van der Waals surface area contributed by atoms with Crippen LogP contribution in [0.25, 0.3) is 0 Å². The summed E-state index contributed by atoms with van der Waals surface area (Å²) in [5.41, 5.74) is 0. The van der Waals surface area contributed by atoms with Crippen molar-refractivity contribution in [3.63, 3.8) is 0 Å². The van der Waals surface area contributed by atoms with E-state index in [1.165, 1.54) is 14.2 Å². The van der Waals surface area contributed by atoms with Crippen LogP contribution in [-0.2, 0) is 85.3 Å². The minimum absolute atomic E-state index is 0. The largest absolute Gasteiger partial charge is 1.00 e. The molecule has 41 nitrogen and oxygen atoms in total. The first-order chi connectivity index (χ1) is 50.5. The molecule has 0 bridgehead atoms. The van der Waals surface area contributed by atoms with E-state index >= 15 is 0 Å². The van der Waals surface area contributed by atoms with E-state index < -0.39 is 248 Å². The number of halogens is 5. The van der Waals surface area contributed by atoms with Crippen LogP contribution in [-0.4, -0.2) is 554 Å². The van der Waals surface area contributed by atoms with Gasteiger partial charge in [0.25, 0.3) is 0 Å². The van der Waals surface area contributed by atoms with E-state index in [1.807, 2.05) is 106 Å². The average molecular weight is 1780 g/mol. The number of ether oxygens (including phenoxy) is 18. The van der Waals surface area contributed by atoms with Crippen LogP contribution in [0, 0.1) is 0 Å². The highest BCUT2D eigenvalue weighted by Gasteiger charge is 2.58. The fourth-order valence-electron chi connectivity index (χ4n) is 13.8. The summed E-state index contributed by atoms with van der Waals surface area (Å²) in [4.78, 5) is 0. The van der Waals surface area contributed by atoms with Gasteiger partial charge in [0.15, 0.2) is 37.7 Å². The van der Waals surface area contributed by atoms with E-state index in [0.717, 1.165) is 0 Å². The smallest absolute Gasteiger partial charge is 0.187 e. The van der Waals surface area contributed by atoms with Crippen molar-refractivity contribution >= 4 is 0 Å². The quantitative estimate of drug-likeness (QED) is 0.0252. The van der Waals surface area contributed by atoms with Crippen molar-refractivity contribution in [1.29, 1.82) is 0 Å². The minimum atomic E-state index is -2.29. The molecule has 6 aliphatic heterocycles. The number of hydrogen-bond donors (Lipinski definition) is 18. The molecule has 17 unspecified atom stereocenters. The van der Waals surface area contributed by atoms with Crippen LogP contribution in [0.4, 0.5) is 0 Å². The van der Waals surface area contributed by atoms with Gasteiger partial charge >= 0.3 is 0 Å². The highest BCUT2D eigenvalue weighted by Crippen LogP contribution is 2.38. The first-order valence-corrected chi connectivity index (χ1v) is 36.9. The third-order valence-electron chi connectivity index (χ3n) is 18.7. The average Bonchev–Trinajstić information content (AvgIpc) is 0.770. The summed E-state index contributed by atoms with van der Waals surface area (Å²) in [6, 6.07) is 0. The Bertz CT molecular complexity index is 2610. The second-order valence-electron chi connectivity index (χ2n) is 34.6. The molecule has 6 rings (SSSR count). The van der Waals surface area contributed by atoms with E-state index in [2.05, 4.69) is 0 Å². The molecule has 0 aliphatic carbocycles. The Morgan fingerprint density at radius 1 is 0.237 bits per heavy atom. The third kappa shape index (κ3) is 34.4. The van der Waals surface area contributed by atoms with Crippen LogP contribution >= 0.6 is 0 Å². The number of aliphatic hydroxyl groups excluding tert-OH is 18. The number of likely N-dealkylation sites (N-methyl/N-ethyl adjacent to an activating group) is 5. The Hall–Kier alpha value is -0.190. The predicted molar refractivity (Wildman–Crippen MR) is 372 cm³/mol. The molecule has 0 aromatic rings. The van der Waals surface area contributed by atoms with Gasteiger partial charge in [-0.1, -0.05) is 0 Å². The standard InChI is InChI=1S/C68H136N5O36.5ClH/c1-69(2,3)18-34(74)23-94-28-39-45(79)46(80)52(86)64(100-39)99-33-44-62(51(85)57(91)68(105-44)106-59-41(101-63(93-17)53(87)48(59)82)30-96-25-36(76)20-71(7,8)9)109-67-56(90)50(84)61(43(104-67)32-98-27-38(78)22-73(13,14)15)108-66-55(89)49(83)60(42(103-66)31-97-26-37(77)21-72(10,11)12)107-65-54(88)47(81)58(92-16)40(102-65)29-95-24-35(75)19-70(4,5)6;;;;;/h34-68,74-91H,18-33H2,1-17H3;5*1H/q+5;;;;;/p-5/t34?,35?,36?,37?,38?,39-,40?,41?,42-,43?,44-,45-,46?,47-,48-,49?,50-,51?,52?,53?,54?,55?,56?,57?,58+,59+,60+,61+,62+,63+,64-,65-,66+,67-,68+;;;;;/m0...../s1. The Kier molecular flexibility index (Phi) is 48.5. The van der Waals surface area contributed by atoms with Gasteiger partial charge < -0.3 is 262 Å². The van der Waals surface area contributed by atoms with Crippen molar-refractivity contribution in [2.75, 3.05) is 225 Å². The Morgan fingerprint density at radius 3 is 0.684 bits per heavy atom. The molecular formula is C68H136Cl5N5O36. The predicted octanol–water partition coefficient (Wildman–Crippen LogP) is -27.3. The van der Waals surface area contributed by atoms with Gasteiger partial charge in [0.05, 0.1) is 178 Å². The first kappa shape index (κ1) is 112. The summed E-state index contributed by atoms with van der Waals surface area (Å²) < 4.78 is 110. The number of quaternary nitrogens is 5. The molecule has 6 heterocycles. The molecule has 35 atom stereocenters. The van der Waals surface area contributed by atoms with Gasteiger partial charge in [-0.05, 0) is 0 Å². The van der Waals surface area contributed by atoms with Gasteiger partial charge in [-0.2, -0.15) is 0 Å². The van der Waals surface area contributed by atoms with Gasteiger partial charge in [0, 0.05) is 14.2 Å². The van der Waals surface area contributed by atoms with E-state index in [1.54, 1.807) is 0 Å². The zero-order valence-electron chi connectivity index (χ0n) is 68.0. The molecular weight excluding hydrogens is 1640 g/mol. The molecule has 0 saturated carbocycles. The summed E-state index contributed by atoms with van der Waals surface area (Å²) in [7, 11) is 30.1. The van der Waals surface area contributed by atoms with Crippen LogP contribution in [0.15, 0.2) is 0 Å². The zero-order chi connectivity index (χ0) is 81.7. The normalized spacial score (nSPS) is 38.0. The van der Waals surface area contributed by atoms with Crippen LogP contribution in [0.1, 0.15) is 0 Å². The molecule has 18 N–H and O–H groups in total. The highest BCUT2D eigenvalue weighted by atomic mass is 35.5. The van der Waals surface area contributed by atoms with Crippen molar-refractivity contribution in [3.8, 4) is 0 Å². The molecule has 684 valence electrons. The van der Waals surface area contributed by atoms with E-state index in [9.17, 15) is 91.9 Å². The van der Waals surface area contributed by atoms with E-state index in [4.69, 9.17) is 85.3 Å². The van der Waals surface area contributed by atoms with Crippen molar-refractivity contribution in [3.05, 3.63) is 0 Å². The first-order valence-electron chi connectivity index (χ1n) is 36.9. The Labute approximate surface area is 698 Å². The number of hydrogen-bond acceptors (Lipinski definition) is 36. The molecule has 6 aliphatic rings. The van der Waals surface area contributed by atoms with Gasteiger partial charge in [-0.15, -0.1) is 0 Å². The number of methoxy groups -OCH3 is 2. The molecule has 0 aromatic carbocycles. The van der Waals surface area contributed by atoms with Crippen molar-refractivity contribution in [2.45, 2.75) is 215 Å². The Balaban J connectivity index is 0.0000130. The third-order valence-corrected chi connectivity index (χ3v) is 18.7. The zero-order valence-corrected chi connectivity index (χ0v) is 71.8. The Morgan fingerprint density at radius 2 is 0.439 bits per heavy atom. The second kappa shape index (κ2) is 49.5. The summed E-state index contributed by atoms with van der Waals surface area (Å²) in [5, 5.41) is 207. The summed E-state index contributed by atoms with van der Waals surface area (Å²) in [5.74, 6) is 0. The van der Waals surface area contributed by atoms with Crippen molar-refractivity contribution in [2.24, 2.45) is 0 Å². The van der Waals surface area contributed by atoms with Crippen molar-refractivity contribution < 1.29 is 262 Å². The lowest BCUT2D eigenvalue weighted by Crippen LogP contribution is -3.00. The van der Waals surface area contributed by atoms with E-state index in [-0.39, 0.29) is 132 Å². The van der Waals surface area contributed by atoms with E-state index in [0.29, 0.717) is 24.5 Å². The van der Waals surface area contributed by atoms with Gasteiger partial charge in [-0.3, -0.25) is 0 Å². The van der Waals surface area contributed by atoms with Crippen LogP contribution < -0.4 is 62.0 Å². The molecule has 0 amide bonds.